The molecule has 43 heavy (non-hydrogen) atoms. The molecule has 1 aromatic rings. The van der Waals surface area contributed by atoms with Crippen molar-refractivity contribution in [3.05, 3.63) is 47.5 Å². The van der Waals surface area contributed by atoms with E-state index in [1.54, 1.807) is 32.0 Å². The van der Waals surface area contributed by atoms with Crippen molar-refractivity contribution < 1.29 is 29.0 Å². The lowest BCUT2D eigenvalue weighted by Crippen LogP contribution is -2.61. The number of aliphatic hydroxyl groups is 1. The van der Waals surface area contributed by atoms with Gasteiger partial charge in [-0.25, -0.2) is 4.79 Å². The summed E-state index contributed by atoms with van der Waals surface area (Å²) < 4.78 is 4.84. The average molecular weight is 601 g/mol. The van der Waals surface area contributed by atoms with Crippen LogP contribution in [0.5, 0.6) is 0 Å². The second kappa shape index (κ2) is 14.5. The van der Waals surface area contributed by atoms with Gasteiger partial charge in [0, 0.05) is 31.0 Å². The molecule has 3 N–H and O–H groups in total. The number of aliphatic hydroxyl groups excluding tert-OH is 1. The second-order valence-electron chi connectivity index (χ2n) is 13.5. The number of hydrogen-bond acceptors (Lipinski definition) is 7. The van der Waals surface area contributed by atoms with Crippen molar-refractivity contribution in [3.63, 3.8) is 0 Å². The van der Waals surface area contributed by atoms with Crippen LogP contribution in [-0.4, -0.2) is 96.6 Å². The number of rotatable bonds is 11. The first-order valence-electron chi connectivity index (χ1n) is 14.9. The van der Waals surface area contributed by atoms with Gasteiger partial charge in [0.15, 0.2) is 0 Å². The smallest absolute Gasteiger partial charge is 0.328 e. The van der Waals surface area contributed by atoms with Crippen molar-refractivity contribution in [1.29, 1.82) is 0 Å². The predicted octanol–water partition coefficient (Wildman–Crippen LogP) is 2.65. The molecule has 5 atom stereocenters. The molecule has 1 saturated heterocycles. The molecule has 2 rings (SSSR count). The number of ether oxygens (including phenoxy) is 1. The van der Waals surface area contributed by atoms with Crippen LogP contribution >= 0.6 is 0 Å². The Balaban J connectivity index is 2.35. The first-order chi connectivity index (χ1) is 19.9. The number of hydrogen-bond donors (Lipinski definition) is 3. The van der Waals surface area contributed by atoms with Gasteiger partial charge in [-0.05, 0) is 30.9 Å². The van der Waals surface area contributed by atoms with Crippen molar-refractivity contribution in [2.24, 2.45) is 11.3 Å². The Morgan fingerprint density at radius 2 is 1.65 bits per heavy atom. The summed E-state index contributed by atoms with van der Waals surface area (Å²) in [6, 6.07) is 6.95. The lowest BCUT2D eigenvalue weighted by Gasteiger charge is -2.40. The molecule has 0 radical (unpaired) electrons. The molecule has 1 aliphatic heterocycles. The van der Waals surface area contributed by atoms with Gasteiger partial charge in [0.05, 0.1) is 25.3 Å². The molecule has 240 valence electrons. The van der Waals surface area contributed by atoms with E-state index in [-0.39, 0.29) is 30.7 Å². The second-order valence-corrected chi connectivity index (χ2v) is 13.5. The number of nitrogens with one attached hydrogen (secondary N) is 2. The number of amides is 3. The summed E-state index contributed by atoms with van der Waals surface area (Å²) in [7, 11) is 4.66. The SMILES string of the molecule is CN[C@H](C(=O)N[C@H](C(=O)N(C)[C@H](/C=C(\C)C(=O)N1C[C@H](O)C[C@H]1C(=O)OC)C(C)C)C(C)(C)C)C(C)(C)c1ccccc1. The number of likely N-dealkylation sites (tertiary alicyclic amines) is 1. The Morgan fingerprint density at radius 1 is 1.07 bits per heavy atom. The third-order valence-corrected chi connectivity index (χ3v) is 8.44. The molecule has 3 amide bonds. The van der Waals surface area contributed by atoms with Crippen LogP contribution in [-0.2, 0) is 29.3 Å². The maximum absolute atomic E-state index is 14.1. The van der Waals surface area contributed by atoms with E-state index in [2.05, 4.69) is 10.6 Å². The zero-order chi connectivity index (χ0) is 32.9. The molecular weight excluding hydrogens is 548 g/mol. The standard InChI is InChI=1S/C33H52N4O6/c1-20(2)24(17-21(3)29(40)37-19-23(38)18-25(37)31(42)43-11)36(10)30(41)27(32(4,5)6)35-28(39)26(34-9)33(7,8)22-15-13-12-14-16-22/h12-17,20,23-27,34,38H,18-19H2,1-11H3,(H,35,39)/b21-17+/t23-,24-,25+,26-,27-/m1/s1. The van der Waals surface area contributed by atoms with Gasteiger partial charge in [-0.3, -0.25) is 14.4 Å². The predicted molar refractivity (Wildman–Crippen MR) is 167 cm³/mol. The van der Waals surface area contributed by atoms with E-state index in [1.165, 1.54) is 12.0 Å². The minimum atomic E-state index is -0.867. The monoisotopic (exact) mass is 600 g/mol. The minimum absolute atomic E-state index is 0.0228. The number of likely N-dealkylation sites (N-methyl/N-ethyl adjacent to an activating group) is 2. The summed E-state index contributed by atoms with van der Waals surface area (Å²) in [5, 5.41) is 16.3. The van der Waals surface area contributed by atoms with Crippen LogP contribution in [0.1, 0.15) is 67.4 Å². The highest BCUT2D eigenvalue weighted by atomic mass is 16.5. The fourth-order valence-electron chi connectivity index (χ4n) is 5.78. The number of esters is 1. The van der Waals surface area contributed by atoms with Crippen LogP contribution in [0.25, 0.3) is 0 Å². The third-order valence-electron chi connectivity index (χ3n) is 8.44. The first-order valence-corrected chi connectivity index (χ1v) is 14.9. The van der Waals surface area contributed by atoms with E-state index in [0.717, 1.165) is 5.56 Å². The fraction of sp³-hybridized carbons (Fsp3) is 0.636. The van der Waals surface area contributed by atoms with Gasteiger partial charge in [-0.15, -0.1) is 0 Å². The Labute approximate surface area is 257 Å². The third kappa shape index (κ3) is 8.44. The van der Waals surface area contributed by atoms with Crippen LogP contribution in [0.15, 0.2) is 42.0 Å². The van der Waals surface area contributed by atoms with Crippen LogP contribution < -0.4 is 10.6 Å². The summed E-state index contributed by atoms with van der Waals surface area (Å²) >= 11 is 0. The van der Waals surface area contributed by atoms with Crippen LogP contribution in [0, 0.1) is 11.3 Å². The maximum atomic E-state index is 14.1. The Morgan fingerprint density at radius 3 is 2.14 bits per heavy atom. The first kappa shape index (κ1) is 36.0. The number of methoxy groups -OCH3 is 1. The normalized spacial score (nSPS) is 19.9. The quantitative estimate of drug-likeness (QED) is 0.263. The van der Waals surface area contributed by atoms with Crippen molar-refractivity contribution in [3.8, 4) is 0 Å². The molecule has 0 unspecified atom stereocenters. The molecule has 0 aliphatic carbocycles. The van der Waals surface area contributed by atoms with E-state index in [1.807, 2.05) is 78.8 Å². The zero-order valence-corrected chi connectivity index (χ0v) is 27.7. The number of carbonyl (C=O) groups is 4. The number of benzene rings is 1. The molecule has 1 aromatic carbocycles. The zero-order valence-electron chi connectivity index (χ0n) is 27.7. The molecule has 0 spiro atoms. The van der Waals surface area contributed by atoms with E-state index in [0.29, 0.717) is 5.57 Å². The lowest BCUT2D eigenvalue weighted by molar-refractivity contribution is -0.149. The fourth-order valence-corrected chi connectivity index (χ4v) is 5.78. The molecule has 0 bridgehead atoms. The molecule has 0 saturated carbocycles. The number of nitrogens with zero attached hydrogens (tertiary/aromatic N) is 2. The van der Waals surface area contributed by atoms with Crippen LogP contribution in [0.4, 0.5) is 0 Å². The van der Waals surface area contributed by atoms with Crippen molar-refractivity contribution in [1.82, 2.24) is 20.4 Å². The highest BCUT2D eigenvalue weighted by Gasteiger charge is 2.43. The van der Waals surface area contributed by atoms with Gasteiger partial charge in [0.1, 0.15) is 12.1 Å². The molecule has 10 nitrogen and oxygen atoms in total. The van der Waals surface area contributed by atoms with E-state index in [4.69, 9.17) is 4.74 Å². The molecule has 1 fully saturated rings. The Hall–Kier alpha value is -3.24. The molecule has 10 heteroatoms. The summed E-state index contributed by atoms with van der Waals surface area (Å²) in [4.78, 5) is 56.4. The molecule has 1 aliphatic rings. The number of carbonyl (C=O) groups excluding carboxylic acids is 4. The Kier molecular flexibility index (Phi) is 12.1. The minimum Gasteiger partial charge on any atom is -0.467 e. The average Bonchev–Trinajstić information content (AvgIpc) is 3.34. The Bertz CT molecular complexity index is 1170. The van der Waals surface area contributed by atoms with E-state index >= 15 is 0 Å². The van der Waals surface area contributed by atoms with Crippen molar-refractivity contribution >= 4 is 23.7 Å². The van der Waals surface area contributed by atoms with E-state index < -0.39 is 53.0 Å². The van der Waals surface area contributed by atoms with Gasteiger partial charge < -0.3 is 30.3 Å². The van der Waals surface area contributed by atoms with Crippen molar-refractivity contribution in [2.75, 3.05) is 27.7 Å². The largest absolute Gasteiger partial charge is 0.467 e. The highest BCUT2D eigenvalue weighted by molar-refractivity contribution is 5.96. The van der Waals surface area contributed by atoms with Gasteiger partial charge >= 0.3 is 5.97 Å². The van der Waals surface area contributed by atoms with Gasteiger partial charge in [0.2, 0.25) is 17.7 Å². The van der Waals surface area contributed by atoms with Crippen LogP contribution in [0.3, 0.4) is 0 Å². The molecule has 1 heterocycles. The lowest BCUT2D eigenvalue weighted by atomic mass is 9.76. The summed E-state index contributed by atoms with van der Waals surface area (Å²) in [5.74, 6) is -1.63. The highest BCUT2D eigenvalue weighted by Crippen LogP contribution is 2.29. The maximum Gasteiger partial charge on any atom is 0.328 e. The van der Waals surface area contributed by atoms with Gasteiger partial charge in [-0.1, -0.05) is 84.9 Å². The van der Waals surface area contributed by atoms with Crippen LogP contribution in [0.2, 0.25) is 0 Å². The summed E-state index contributed by atoms with van der Waals surface area (Å²) in [6.45, 7) is 15.3. The number of β-amino-alcohol motifs (C(OH)–C–C–N with tert-alkyl or cyclic N) is 1. The van der Waals surface area contributed by atoms with E-state index in [9.17, 15) is 24.3 Å². The molecular formula is C33H52N4O6. The van der Waals surface area contributed by atoms with Crippen molar-refractivity contribution in [2.45, 2.75) is 97.5 Å². The topological polar surface area (TPSA) is 128 Å². The van der Waals surface area contributed by atoms with Gasteiger partial charge in [0.25, 0.3) is 0 Å². The van der Waals surface area contributed by atoms with Gasteiger partial charge in [-0.2, -0.15) is 0 Å². The summed E-state index contributed by atoms with van der Waals surface area (Å²) in [5.41, 5.74) is 0.151. The molecule has 0 aromatic heterocycles. The summed E-state index contributed by atoms with van der Waals surface area (Å²) in [6.07, 6.45) is 1.01.